The summed E-state index contributed by atoms with van der Waals surface area (Å²) in [5, 5.41) is 3.04. The van der Waals surface area contributed by atoms with E-state index in [1.54, 1.807) is 19.4 Å². The van der Waals surface area contributed by atoms with Crippen LogP contribution in [0.1, 0.15) is 6.42 Å². The molecule has 1 unspecified atom stereocenters. The lowest BCUT2D eigenvalue weighted by molar-refractivity contribution is -0.117. The fraction of sp³-hybridized carbons (Fsp3) is 0.400. The summed E-state index contributed by atoms with van der Waals surface area (Å²) in [6.07, 6.45) is 3.48. The Hall–Kier alpha value is -1.17. The third kappa shape index (κ3) is 3.77. The third-order valence-electron chi connectivity index (χ3n) is 2.00. The number of nitrogens with one attached hydrogen (secondary N) is 1. The van der Waals surface area contributed by atoms with Crippen molar-refractivity contribution >= 4 is 23.2 Å². The van der Waals surface area contributed by atoms with E-state index in [-0.39, 0.29) is 5.91 Å². The van der Waals surface area contributed by atoms with Gasteiger partial charge in [0.2, 0.25) is 5.91 Å². The van der Waals surface area contributed by atoms with Crippen molar-refractivity contribution in [3.05, 3.63) is 23.5 Å². The highest BCUT2D eigenvalue weighted by Gasteiger charge is 2.14. The molecular formula is C10H14ClN3O2. The highest BCUT2D eigenvalue weighted by atomic mass is 35.5. The average molecular weight is 244 g/mol. The summed E-state index contributed by atoms with van der Waals surface area (Å²) in [6, 6.07) is 0.980. The number of anilines is 1. The molecule has 1 amide bonds. The van der Waals surface area contributed by atoms with Crippen LogP contribution < -0.4 is 11.1 Å². The minimum atomic E-state index is -0.615. The van der Waals surface area contributed by atoms with E-state index in [0.717, 1.165) is 0 Å². The smallest absolute Gasteiger partial charge is 0.241 e. The van der Waals surface area contributed by atoms with Crippen molar-refractivity contribution in [1.82, 2.24) is 4.98 Å². The average Bonchev–Trinajstić information content (AvgIpc) is 2.28. The summed E-state index contributed by atoms with van der Waals surface area (Å²) in [5.74, 6) is -0.299. The van der Waals surface area contributed by atoms with Crippen LogP contribution in [0, 0.1) is 0 Å². The van der Waals surface area contributed by atoms with Gasteiger partial charge < -0.3 is 15.8 Å². The Morgan fingerprint density at radius 2 is 2.50 bits per heavy atom. The monoisotopic (exact) mass is 243 g/mol. The molecule has 5 nitrogen and oxygen atoms in total. The Morgan fingerprint density at radius 1 is 1.75 bits per heavy atom. The Kier molecular flexibility index (Phi) is 5.18. The molecule has 1 aromatic rings. The first-order chi connectivity index (χ1) is 7.65. The molecule has 0 radical (unpaired) electrons. The number of aromatic nitrogens is 1. The van der Waals surface area contributed by atoms with E-state index >= 15 is 0 Å². The maximum absolute atomic E-state index is 11.6. The number of pyridine rings is 1. The molecule has 0 bridgehead atoms. The van der Waals surface area contributed by atoms with E-state index in [4.69, 9.17) is 22.1 Å². The first-order valence-corrected chi connectivity index (χ1v) is 5.18. The van der Waals surface area contributed by atoms with Crippen LogP contribution in [-0.2, 0) is 9.53 Å². The van der Waals surface area contributed by atoms with Gasteiger partial charge in [0, 0.05) is 19.9 Å². The van der Waals surface area contributed by atoms with E-state index in [9.17, 15) is 4.79 Å². The van der Waals surface area contributed by atoms with Crippen LogP contribution in [-0.4, -0.2) is 30.6 Å². The maximum atomic E-state index is 11.6. The number of rotatable bonds is 5. The van der Waals surface area contributed by atoms with Gasteiger partial charge >= 0.3 is 0 Å². The second kappa shape index (κ2) is 6.42. The minimum absolute atomic E-state index is 0.299. The summed E-state index contributed by atoms with van der Waals surface area (Å²) in [5.41, 5.74) is 6.11. The van der Waals surface area contributed by atoms with Gasteiger partial charge in [-0.15, -0.1) is 0 Å². The van der Waals surface area contributed by atoms with Crippen molar-refractivity contribution in [1.29, 1.82) is 0 Å². The molecule has 0 saturated heterocycles. The second-order valence-corrected chi connectivity index (χ2v) is 3.64. The fourth-order valence-electron chi connectivity index (χ4n) is 1.07. The number of methoxy groups -OCH3 is 1. The number of carbonyl (C=O) groups excluding carboxylic acids is 1. The minimum Gasteiger partial charge on any atom is -0.385 e. The van der Waals surface area contributed by atoms with Gasteiger partial charge in [0.25, 0.3) is 0 Å². The lowest BCUT2D eigenvalue weighted by Crippen LogP contribution is -2.36. The molecule has 0 aromatic carbocycles. The first kappa shape index (κ1) is 12.9. The van der Waals surface area contributed by atoms with Gasteiger partial charge in [-0.05, 0) is 12.5 Å². The third-order valence-corrected chi connectivity index (χ3v) is 2.33. The van der Waals surface area contributed by atoms with E-state index in [2.05, 4.69) is 10.3 Å². The van der Waals surface area contributed by atoms with Crippen molar-refractivity contribution < 1.29 is 9.53 Å². The van der Waals surface area contributed by atoms with Crippen molar-refractivity contribution in [3.63, 3.8) is 0 Å². The van der Waals surface area contributed by atoms with Gasteiger partial charge in [0.15, 0.2) is 0 Å². The molecule has 1 rings (SSSR count). The summed E-state index contributed by atoms with van der Waals surface area (Å²) in [7, 11) is 1.56. The number of amides is 1. The second-order valence-electron chi connectivity index (χ2n) is 3.23. The Morgan fingerprint density at radius 3 is 3.12 bits per heavy atom. The van der Waals surface area contributed by atoms with Crippen molar-refractivity contribution in [2.45, 2.75) is 12.5 Å². The number of hydrogen-bond acceptors (Lipinski definition) is 4. The van der Waals surface area contributed by atoms with Crippen LogP contribution in [0.15, 0.2) is 18.5 Å². The topological polar surface area (TPSA) is 77.2 Å². The predicted molar refractivity (Wildman–Crippen MR) is 62.3 cm³/mol. The zero-order chi connectivity index (χ0) is 12.0. The lowest BCUT2D eigenvalue weighted by atomic mass is 10.2. The van der Waals surface area contributed by atoms with Gasteiger partial charge in [-0.25, -0.2) is 0 Å². The molecular weight excluding hydrogens is 230 g/mol. The standard InChI is InChI=1S/C10H14ClN3O2/c1-16-5-3-8(12)10(15)14-9-6-13-4-2-7(9)11/h2,4,6,8H,3,5,12H2,1H3,(H,14,15). The van der Waals surface area contributed by atoms with Crippen LogP contribution in [0.25, 0.3) is 0 Å². The van der Waals surface area contributed by atoms with Crippen LogP contribution in [0.5, 0.6) is 0 Å². The number of nitrogens with zero attached hydrogens (tertiary/aromatic N) is 1. The van der Waals surface area contributed by atoms with E-state index in [1.807, 2.05) is 0 Å². The number of ether oxygens (including phenoxy) is 1. The zero-order valence-electron chi connectivity index (χ0n) is 8.94. The zero-order valence-corrected chi connectivity index (χ0v) is 9.70. The normalized spacial score (nSPS) is 12.2. The Bertz CT molecular complexity index is 360. The molecule has 0 spiro atoms. The molecule has 0 saturated carbocycles. The predicted octanol–water partition coefficient (Wildman–Crippen LogP) is 1.04. The van der Waals surface area contributed by atoms with Gasteiger partial charge in [-0.2, -0.15) is 0 Å². The van der Waals surface area contributed by atoms with Crippen molar-refractivity contribution in [3.8, 4) is 0 Å². The number of nitrogens with two attached hydrogens (primary N) is 1. The quantitative estimate of drug-likeness (QED) is 0.810. The Balaban J connectivity index is 2.54. The summed E-state index contributed by atoms with van der Waals surface area (Å²) >= 11 is 5.86. The van der Waals surface area contributed by atoms with Gasteiger partial charge in [0.05, 0.1) is 22.9 Å². The van der Waals surface area contributed by atoms with Crippen molar-refractivity contribution in [2.75, 3.05) is 19.0 Å². The molecule has 0 aliphatic carbocycles. The lowest BCUT2D eigenvalue weighted by Gasteiger charge is -2.12. The molecule has 0 aliphatic heterocycles. The summed E-state index contributed by atoms with van der Waals surface area (Å²) in [6.45, 7) is 0.440. The highest BCUT2D eigenvalue weighted by Crippen LogP contribution is 2.19. The summed E-state index contributed by atoms with van der Waals surface area (Å²) < 4.78 is 4.84. The molecule has 1 atom stereocenters. The van der Waals surface area contributed by atoms with Crippen LogP contribution in [0.3, 0.4) is 0 Å². The molecule has 1 aromatic heterocycles. The van der Waals surface area contributed by atoms with Crippen LogP contribution in [0.4, 0.5) is 5.69 Å². The molecule has 88 valence electrons. The highest BCUT2D eigenvalue weighted by molar-refractivity contribution is 6.33. The van der Waals surface area contributed by atoms with Crippen LogP contribution >= 0.6 is 11.6 Å². The largest absolute Gasteiger partial charge is 0.385 e. The van der Waals surface area contributed by atoms with Crippen LogP contribution in [0.2, 0.25) is 5.02 Å². The molecule has 3 N–H and O–H groups in total. The molecule has 6 heteroatoms. The molecule has 0 fully saturated rings. The van der Waals surface area contributed by atoms with Gasteiger partial charge in [-0.1, -0.05) is 11.6 Å². The summed E-state index contributed by atoms with van der Waals surface area (Å²) in [4.78, 5) is 15.4. The first-order valence-electron chi connectivity index (χ1n) is 4.80. The fourth-order valence-corrected chi connectivity index (χ4v) is 1.22. The molecule has 16 heavy (non-hydrogen) atoms. The van der Waals surface area contributed by atoms with E-state index in [0.29, 0.717) is 23.7 Å². The Labute approximate surface area is 98.9 Å². The SMILES string of the molecule is COCCC(N)C(=O)Nc1cnccc1Cl. The number of halogens is 1. The number of hydrogen-bond donors (Lipinski definition) is 2. The molecule has 1 heterocycles. The van der Waals surface area contributed by atoms with Gasteiger partial charge in [-0.3, -0.25) is 9.78 Å². The maximum Gasteiger partial charge on any atom is 0.241 e. The number of carbonyl (C=O) groups is 1. The van der Waals surface area contributed by atoms with E-state index < -0.39 is 6.04 Å². The molecule has 0 aliphatic rings. The van der Waals surface area contributed by atoms with Crippen molar-refractivity contribution in [2.24, 2.45) is 5.73 Å². The van der Waals surface area contributed by atoms with Gasteiger partial charge in [0.1, 0.15) is 0 Å². The van der Waals surface area contributed by atoms with E-state index in [1.165, 1.54) is 6.20 Å².